The summed E-state index contributed by atoms with van der Waals surface area (Å²) in [5.41, 5.74) is 1.44. The van der Waals surface area contributed by atoms with Gasteiger partial charge in [0.1, 0.15) is 0 Å². The Balaban J connectivity index is 1.57. The number of hydrogen-bond donors (Lipinski definition) is 1. The Kier molecular flexibility index (Phi) is 5.29. The van der Waals surface area contributed by atoms with E-state index in [-0.39, 0.29) is 5.91 Å². The number of methoxy groups -OCH3 is 2. The minimum atomic E-state index is 0.274. The number of hydrogen-bond acceptors (Lipinski definition) is 4. The summed E-state index contributed by atoms with van der Waals surface area (Å²) in [6.45, 7) is 3.98. The summed E-state index contributed by atoms with van der Waals surface area (Å²) in [6, 6.07) is 5.87. The molecule has 0 aromatic heterocycles. The van der Waals surface area contributed by atoms with Crippen LogP contribution < -0.4 is 14.8 Å². The first-order valence-electron chi connectivity index (χ1n) is 8.85. The van der Waals surface area contributed by atoms with Crippen LogP contribution in [-0.2, 0) is 11.2 Å². The van der Waals surface area contributed by atoms with Gasteiger partial charge in [0.25, 0.3) is 0 Å². The first kappa shape index (κ1) is 17.1. The number of aryl methyl sites for hydroxylation is 1. The number of carbonyl (C=O) groups excluding carboxylic acids is 1. The van der Waals surface area contributed by atoms with Gasteiger partial charge in [-0.05, 0) is 49.9 Å². The second-order valence-corrected chi connectivity index (χ2v) is 7.03. The van der Waals surface area contributed by atoms with Gasteiger partial charge in [-0.25, -0.2) is 0 Å². The van der Waals surface area contributed by atoms with E-state index in [0.29, 0.717) is 11.8 Å². The molecule has 5 nitrogen and oxygen atoms in total. The maximum atomic E-state index is 12.6. The average Bonchev–Trinajstić information content (AvgIpc) is 3.06. The quantitative estimate of drug-likeness (QED) is 0.898. The number of amides is 1. The number of benzene rings is 1. The van der Waals surface area contributed by atoms with Gasteiger partial charge in [0.05, 0.1) is 14.2 Å². The van der Waals surface area contributed by atoms with Gasteiger partial charge in [-0.15, -0.1) is 0 Å². The largest absolute Gasteiger partial charge is 0.493 e. The average molecular weight is 332 g/mol. The Morgan fingerprint density at radius 1 is 1.25 bits per heavy atom. The summed E-state index contributed by atoms with van der Waals surface area (Å²) in [4.78, 5) is 14.7. The lowest BCUT2D eigenvalue weighted by Crippen LogP contribution is -2.47. The Morgan fingerprint density at radius 3 is 2.79 bits per heavy atom. The summed E-state index contributed by atoms with van der Waals surface area (Å²) in [5, 5.41) is 3.46. The number of ether oxygens (including phenoxy) is 2. The summed E-state index contributed by atoms with van der Waals surface area (Å²) < 4.78 is 10.6. The molecule has 1 atom stereocenters. The van der Waals surface area contributed by atoms with Crippen LogP contribution in [0.15, 0.2) is 18.2 Å². The van der Waals surface area contributed by atoms with Crippen LogP contribution in [0.4, 0.5) is 0 Å². The van der Waals surface area contributed by atoms with E-state index in [9.17, 15) is 4.79 Å². The van der Waals surface area contributed by atoms with Crippen LogP contribution in [0.2, 0.25) is 0 Å². The molecule has 132 valence electrons. The Labute approximate surface area is 144 Å². The molecule has 5 heteroatoms. The van der Waals surface area contributed by atoms with Gasteiger partial charge >= 0.3 is 0 Å². The number of nitrogens with zero attached hydrogens (tertiary/aromatic N) is 1. The van der Waals surface area contributed by atoms with Crippen LogP contribution in [-0.4, -0.2) is 51.2 Å². The SMILES string of the molecule is COc1ccc(CCC(=O)N2CCC[C@@]3(CCNC3)C2)cc1OC. The van der Waals surface area contributed by atoms with Crippen molar-refractivity contribution in [3.63, 3.8) is 0 Å². The fourth-order valence-electron chi connectivity index (χ4n) is 4.01. The molecule has 1 aromatic carbocycles. The Hall–Kier alpha value is -1.75. The normalized spacial score (nSPS) is 23.5. The Morgan fingerprint density at radius 2 is 2.08 bits per heavy atom. The van der Waals surface area contributed by atoms with Crippen molar-refractivity contribution in [2.45, 2.75) is 32.1 Å². The smallest absolute Gasteiger partial charge is 0.222 e. The maximum Gasteiger partial charge on any atom is 0.222 e. The van der Waals surface area contributed by atoms with Crippen molar-refractivity contribution in [1.29, 1.82) is 0 Å². The summed E-state index contributed by atoms with van der Waals surface area (Å²) in [7, 11) is 3.26. The van der Waals surface area contributed by atoms with Gasteiger partial charge in [-0.1, -0.05) is 6.07 Å². The number of carbonyl (C=O) groups is 1. The second kappa shape index (κ2) is 7.43. The molecule has 2 aliphatic heterocycles. The summed E-state index contributed by atoms with van der Waals surface area (Å²) in [5.74, 6) is 1.71. The standard InChI is InChI=1S/C19H28N2O3/c1-23-16-6-4-15(12-17(16)24-2)5-7-18(22)21-11-3-8-19(14-21)9-10-20-13-19/h4,6,12,20H,3,5,7-11,13-14H2,1-2H3/t19-/m0/s1. The molecule has 0 unspecified atom stereocenters. The van der Waals surface area contributed by atoms with Crippen molar-refractivity contribution in [3.05, 3.63) is 23.8 Å². The van der Waals surface area contributed by atoms with E-state index < -0.39 is 0 Å². The van der Waals surface area contributed by atoms with Gasteiger partial charge < -0.3 is 19.7 Å². The molecule has 1 N–H and O–H groups in total. The van der Waals surface area contributed by atoms with E-state index in [1.54, 1.807) is 14.2 Å². The molecule has 0 saturated carbocycles. The van der Waals surface area contributed by atoms with Crippen molar-refractivity contribution >= 4 is 5.91 Å². The van der Waals surface area contributed by atoms with Crippen LogP contribution in [0, 0.1) is 5.41 Å². The van der Waals surface area contributed by atoms with E-state index in [4.69, 9.17) is 9.47 Å². The molecule has 2 fully saturated rings. The zero-order chi connectivity index (χ0) is 17.0. The van der Waals surface area contributed by atoms with Crippen molar-refractivity contribution in [1.82, 2.24) is 10.2 Å². The van der Waals surface area contributed by atoms with E-state index in [2.05, 4.69) is 10.2 Å². The molecule has 0 aliphatic carbocycles. The number of likely N-dealkylation sites (tertiary alicyclic amines) is 1. The number of nitrogens with one attached hydrogen (secondary N) is 1. The highest BCUT2D eigenvalue weighted by Crippen LogP contribution is 2.35. The molecular formula is C19H28N2O3. The van der Waals surface area contributed by atoms with Crippen LogP contribution in [0.5, 0.6) is 11.5 Å². The number of piperidine rings is 1. The van der Waals surface area contributed by atoms with Gasteiger partial charge in [0, 0.05) is 31.5 Å². The second-order valence-electron chi connectivity index (χ2n) is 7.03. The molecule has 1 amide bonds. The highest BCUT2D eigenvalue weighted by atomic mass is 16.5. The van der Waals surface area contributed by atoms with E-state index in [1.807, 2.05) is 18.2 Å². The molecule has 2 aliphatic rings. The summed E-state index contributed by atoms with van der Waals surface area (Å²) >= 11 is 0. The maximum absolute atomic E-state index is 12.6. The molecule has 0 bridgehead atoms. The van der Waals surface area contributed by atoms with Crippen LogP contribution in [0.3, 0.4) is 0 Å². The Bertz CT molecular complexity index is 582. The van der Waals surface area contributed by atoms with Crippen molar-refractivity contribution in [2.75, 3.05) is 40.4 Å². The van der Waals surface area contributed by atoms with Crippen LogP contribution in [0.1, 0.15) is 31.2 Å². The van der Waals surface area contributed by atoms with Crippen LogP contribution >= 0.6 is 0 Å². The lowest BCUT2D eigenvalue weighted by Gasteiger charge is -2.40. The van der Waals surface area contributed by atoms with Crippen molar-refractivity contribution in [2.24, 2.45) is 5.41 Å². The first-order valence-corrected chi connectivity index (χ1v) is 8.85. The van der Waals surface area contributed by atoms with Gasteiger partial charge in [-0.3, -0.25) is 4.79 Å². The molecule has 3 rings (SSSR count). The predicted octanol–water partition coefficient (Wildman–Crippen LogP) is 2.24. The van der Waals surface area contributed by atoms with Crippen molar-refractivity contribution in [3.8, 4) is 11.5 Å². The number of rotatable bonds is 5. The van der Waals surface area contributed by atoms with Gasteiger partial charge in [0.2, 0.25) is 5.91 Å². The van der Waals surface area contributed by atoms with E-state index in [0.717, 1.165) is 56.1 Å². The zero-order valence-electron chi connectivity index (χ0n) is 14.8. The highest BCUT2D eigenvalue weighted by molar-refractivity contribution is 5.76. The third kappa shape index (κ3) is 3.66. The van der Waals surface area contributed by atoms with Crippen molar-refractivity contribution < 1.29 is 14.3 Å². The molecular weight excluding hydrogens is 304 g/mol. The predicted molar refractivity (Wildman–Crippen MR) is 93.6 cm³/mol. The molecule has 0 radical (unpaired) electrons. The topological polar surface area (TPSA) is 50.8 Å². The summed E-state index contributed by atoms with van der Waals surface area (Å²) in [6.07, 6.45) is 4.87. The minimum Gasteiger partial charge on any atom is -0.493 e. The first-order chi connectivity index (χ1) is 11.7. The van der Waals surface area contributed by atoms with Gasteiger partial charge in [-0.2, -0.15) is 0 Å². The molecule has 24 heavy (non-hydrogen) atoms. The third-order valence-corrected chi connectivity index (χ3v) is 5.42. The molecule has 2 saturated heterocycles. The fourth-order valence-corrected chi connectivity index (χ4v) is 4.01. The minimum absolute atomic E-state index is 0.274. The molecule has 1 spiro atoms. The monoisotopic (exact) mass is 332 g/mol. The fraction of sp³-hybridized carbons (Fsp3) is 0.632. The lowest BCUT2D eigenvalue weighted by atomic mass is 9.79. The van der Waals surface area contributed by atoms with Crippen LogP contribution in [0.25, 0.3) is 0 Å². The molecule has 2 heterocycles. The van der Waals surface area contributed by atoms with E-state index >= 15 is 0 Å². The highest BCUT2D eigenvalue weighted by Gasteiger charge is 2.39. The lowest BCUT2D eigenvalue weighted by molar-refractivity contribution is -0.134. The zero-order valence-corrected chi connectivity index (χ0v) is 14.8. The molecule has 1 aromatic rings. The third-order valence-electron chi connectivity index (χ3n) is 5.42. The van der Waals surface area contributed by atoms with Gasteiger partial charge in [0.15, 0.2) is 11.5 Å². The van der Waals surface area contributed by atoms with E-state index in [1.165, 1.54) is 12.8 Å².